The Morgan fingerprint density at radius 3 is 2.53 bits per heavy atom. The lowest BCUT2D eigenvalue weighted by molar-refractivity contribution is 0.478. The van der Waals surface area contributed by atoms with E-state index in [2.05, 4.69) is 6.07 Å². The van der Waals surface area contributed by atoms with Gasteiger partial charge in [0.1, 0.15) is 16.5 Å². The number of halogens is 1. The van der Waals surface area contributed by atoms with Crippen molar-refractivity contribution >= 4 is 28.8 Å². The number of thiocarbonyl (C=S) groups is 1. The predicted octanol–water partition coefficient (Wildman–Crippen LogP) is 4.38. The van der Waals surface area contributed by atoms with Crippen molar-refractivity contribution < 1.29 is 4.74 Å². The van der Waals surface area contributed by atoms with E-state index in [9.17, 15) is 0 Å². The smallest absolute Gasteiger partial charge is 0.139 e. The van der Waals surface area contributed by atoms with E-state index in [0.717, 1.165) is 11.3 Å². The molecule has 2 N–H and O–H groups in total. The van der Waals surface area contributed by atoms with Gasteiger partial charge < -0.3 is 10.5 Å². The van der Waals surface area contributed by atoms with E-state index < -0.39 is 0 Å². The number of nitrogens with two attached hydrogens (primary N) is 1. The molecule has 19 heavy (non-hydrogen) atoms. The van der Waals surface area contributed by atoms with Gasteiger partial charge >= 0.3 is 0 Å². The summed E-state index contributed by atoms with van der Waals surface area (Å²) in [7, 11) is 0. The molecule has 0 heterocycles. The third-order valence-electron chi connectivity index (χ3n) is 2.77. The van der Waals surface area contributed by atoms with Crippen molar-refractivity contribution in [2.45, 2.75) is 13.8 Å². The Morgan fingerprint density at radius 1 is 1.16 bits per heavy atom. The topological polar surface area (TPSA) is 35.2 Å². The van der Waals surface area contributed by atoms with Crippen LogP contribution in [-0.4, -0.2) is 4.99 Å². The summed E-state index contributed by atoms with van der Waals surface area (Å²) < 4.78 is 5.89. The zero-order valence-corrected chi connectivity index (χ0v) is 12.3. The Kier molecular flexibility index (Phi) is 4.08. The lowest BCUT2D eigenvalue weighted by atomic mass is 10.1. The zero-order valence-electron chi connectivity index (χ0n) is 10.7. The Labute approximate surface area is 123 Å². The van der Waals surface area contributed by atoms with Crippen molar-refractivity contribution in [1.82, 2.24) is 0 Å². The van der Waals surface area contributed by atoms with Gasteiger partial charge in [-0.25, -0.2) is 0 Å². The molecular weight excluding hydrogens is 278 g/mol. The summed E-state index contributed by atoms with van der Waals surface area (Å²) in [6.07, 6.45) is 0. The average molecular weight is 292 g/mol. The van der Waals surface area contributed by atoms with E-state index in [1.807, 2.05) is 32.0 Å². The van der Waals surface area contributed by atoms with Crippen LogP contribution in [0.15, 0.2) is 36.4 Å². The van der Waals surface area contributed by atoms with Crippen LogP contribution in [0.2, 0.25) is 5.02 Å². The van der Waals surface area contributed by atoms with Crippen molar-refractivity contribution in [3.8, 4) is 11.5 Å². The number of ether oxygens (including phenoxy) is 1. The maximum Gasteiger partial charge on any atom is 0.139 e. The number of aryl methyl sites for hydroxylation is 2. The highest BCUT2D eigenvalue weighted by molar-refractivity contribution is 7.80. The molecule has 2 aromatic rings. The number of hydrogen-bond donors (Lipinski definition) is 1. The maximum absolute atomic E-state index is 6.11. The quantitative estimate of drug-likeness (QED) is 0.852. The van der Waals surface area contributed by atoms with E-state index >= 15 is 0 Å². The first-order valence-corrected chi connectivity index (χ1v) is 6.61. The fourth-order valence-electron chi connectivity index (χ4n) is 1.86. The van der Waals surface area contributed by atoms with Crippen molar-refractivity contribution in [3.63, 3.8) is 0 Å². The highest BCUT2D eigenvalue weighted by atomic mass is 35.5. The van der Waals surface area contributed by atoms with Gasteiger partial charge in [0.05, 0.1) is 10.6 Å². The predicted molar refractivity (Wildman–Crippen MR) is 83.3 cm³/mol. The molecule has 0 atom stereocenters. The Hall–Kier alpha value is -1.58. The minimum atomic E-state index is 0.227. The van der Waals surface area contributed by atoms with E-state index in [-0.39, 0.29) is 4.99 Å². The van der Waals surface area contributed by atoms with Crippen LogP contribution in [0.25, 0.3) is 0 Å². The average Bonchev–Trinajstić information content (AvgIpc) is 2.32. The van der Waals surface area contributed by atoms with Gasteiger partial charge in [0.25, 0.3) is 0 Å². The lowest BCUT2D eigenvalue weighted by Gasteiger charge is -2.13. The molecule has 0 unspecified atom stereocenters. The largest absolute Gasteiger partial charge is 0.456 e. The fourth-order valence-corrected chi connectivity index (χ4v) is 2.40. The second-order valence-corrected chi connectivity index (χ2v) is 5.20. The molecule has 0 spiro atoms. The zero-order chi connectivity index (χ0) is 14.0. The summed E-state index contributed by atoms with van der Waals surface area (Å²) in [6, 6.07) is 11.3. The van der Waals surface area contributed by atoms with E-state index in [1.165, 1.54) is 5.56 Å². The van der Waals surface area contributed by atoms with Crippen LogP contribution >= 0.6 is 23.8 Å². The van der Waals surface area contributed by atoms with Gasteiger partial charge in [0, 0.05) is 0 Å². The van der Waals surface area contributed by atoms with Gasteiger partial charge in [-0.3, -0.25) is 0 Å². The second kappa shape index (κ2) is 5.59. The molecule has 2 nitrogen and oxygen atoms in total. The Bertz CT molecular complexity index is 640. The molecule has 0 aliphatic carbocycles. The third kappa shape index (κ3) is 3.06. The van der Waals surface area contributed by atoms with Crippen molar-refractivity contribution in [2.75, 3.05) is 0 Å². The number of hydrogen-bond acceptors (Lipinski definition) is 2. The van der Waals surface area contributed by atoms with Crippen molar-refractivity contribution in [3.05, 3.63) is 58.1 Å². The molecule has 0 aliphatic heterocycles. The van der Waals surface area contributed by atoms with Gasteiger partial charge in [0.15, 0.2) is 0 Å². The molecule has 2 rings (SSSR count). The van der Waals surface area contributed by atoms with E-state index in [0.29, 0.717) is 16.3 Å². The molecule has 2 aromatic carbocycles. The van der Waals surface area contributed by atoms with Crippen LogP contribution in [0.3, 0.4) is 0 Å². The van der Waals surface area contributed by atoms with Crippen LogP contribution < -0.4 is 10.5 Å². The molecule has 0 radical (unpaired) electrons. The van der Waals surface area contributed by atoms with E-state index in [1.54, 1.807) is 12.1 Å². The molecule has 0 saturated carbocycles. The van der Waals surface area contributed by atoms with Crippen LogP contribution in [0.4, 0.5) is 0 Å². The van der Waals surface area contributed by atoms with Gasteiger partial charge in [0.2, 0.25) is 0 Å². The summed E-state index contributed by atoms with van der Waals surface area (Å²) in [5.74, 6) is 1.34. The van der Waals surface area contributed by atoms with Crippen molar-refractivity contribution in [2.24, 2.45) is 5.73 Å². The Balaban J connectivity index is 2.44. The molecule has 0 saturated heterocycles. The fraction of sp³-hybridized carbons (Fsp3) is 0.133. The molecule has 0 aromatic heterocycles. The SMILES string of the molecule is Cc1ccc(Oc2cccc(Cl)c2C(N)=S)c(C)c1. The second-order valence-electron chi connectivity index (χ2n) is 4.35. The first-order valence-electron chi connectivity index (χ1n) is 5.82. The van der Waals surface area contributed by atoms with Gasteiger partial charge in [-0.2, -0.15) is 0 Å². The first kappa shape index (κ1) is 13.8. The maximum atomic E-state index is 6.11. The van der Waals surface area contributed by atoms with Gasteiger partial charge in [-0.1, -0.05) is 47.6 Å². The number of rotatable bonds is 3. The lowest BCUT2D eigenvalue weighted by Crippen LogP contribution is -2.11. The Morgan fingerprint density at radius 2 is 1.89 bits per heavy atom. The molecular formula is C15H14ClNOS. The molecule has 98 valence electrons. The van der Waals surface area contributed by atoms with Gasteiger partial charge in [-0.05, 0) is 37.6 Å². The standard InChI is InChI=1S/C15H14ClNOS/c1-9-6-7-12(10(2)8-9)18-13-5-3-4-11(16)14(13)15(17)19/h3-8H,1-2H3,(H2,17,19). The molecule has 4 heteroatoms. The van der Waals surface area contributed by atoms with Crippen LogP contribution in [0, 0.1) is 13.8 Å². The molecule has 0 amide bonds. The normalized spacial score (nSPS) is 10.3. The summed E-state index contributed by atoms with van der Waals surface area (Å²) >= 11 is 11.1. The summed E-state index contributed by atoms with van der Waals surface area (Å²) in [4.78, 5) is 0.227. The highest BCUT2D eigenvalue weighted by Crippen LogP contribution is 2.32. The van der Waals surface area contributed by atoms with Crippen LogP contribution in [-0.2, 0) is 0 Å². The van der Waals surface area contributed by atoms with E-state index in [4.69, 9.17) is 34.3 Å². The molecule has 0 fully saturated rings. The first-order chi connectivity index (χ1) is 8.99. The minimum absolute atomic E-state index is 0.227. The number of benzene rings is 2. The molecule has 0 bridgehead atoms. The summed E-state index contributed by atoms with van der Waals surface area (Å²) in [5.41, 5.74) is 8.50. The minimum Gasteiger partial charge on any atom is -0.456 e. The van der Waals surface area contributed by atoms with Crippen LogP contribution in [0.1, 0.15) is 16.7 Å². The summed E-state index contributed by atoms with van der Waals surface area (Å²) in [5, 5.41) is 0.495. The van der Waals surface area contributed by atoms with Gasteiger partial charge in [-0.15, -0.1) is 0 Å². The van der Waals surface area contributed by atoms with Crippen LogP contribution in [0.5, 0.6) is 11.5 Å². The summed E-state index contributed by atoms with van der Waals surface area (Å²) in [6.45, 7) is 4.03. The monoisotopic (exact) mass is 291 g/mol. The molecule has 0 aliphatic rings. The van der Waals surface area contributed by atoms with Crippen molar-refractivity contribution in [1.29, 1.82) is 0 Å². The third-order valence-corrected chi connectivity index (χ3v) is 3.29. The highest BCUT2D eigenvalue weighted by Gasteiger charge is 2.12.